The lowest BCUT2D eigenvalue weighted by molar-refractivity contribution is -0.140. The highest BCUT2D eigenvalue weighted by atomic mass is 16.5. The second-order valence-electron chi connectivity index (χ2n) is 12.4. The fraction of sp³-hybridized carbons (Fsp3) is 0.472. The number of likely N-dealkylation sites (tertiary alicyclic amines) is 1. The lowest BCUT2D eigenvalue weighted by Gasteiger charge is -2.36. The van der Waals surface area contributed by atoms with Crippen molar-refractivity contribution < 1.29 is 29.0 Å². The zero-order valence-corrected chi connectivity index (χ0v) is 26.4. The van der Waals surface area contributed by atoms with Crippen molar-refractivity contribution in [1.82, 2.24) is 4.90 Å². The molecule has 3 amide bonds. The van der Waals surface area contributed by atoms with E-state index in [-0.39, 0.29) is 24.3 Å². The molecule has 0 saturated carbocycles. The van der Waals surface area contributed by atoms with Gasteiger partial charge >= 0.3 is 0 Å². The van der Waals surface area contributed by atoms with Crippen molar-refractivity contribution in [2.24, 2.45) is 11.8 Å². The Morgan fingerprint density at radius 3 is 2.31 bits per heavy atom. The molecule has 1 spiro atoms. The van der Waals surface area contributed by atoms with Gasteiger partial charge in [0, 0.05) is 37.6 Å². The van der Waals surface area contributed by atoms with Gasteiger partial charge in [-0.15, -0.1) is 0 Å². The third kappa shape index (κ3) is 5.36. The van der Waals surface area contributed by atoms with Crippen LogP contribution in [0.25, 0.3) is 0 Å². The van der Waals surface area contributed by atoms with Crippen molar-refractivity contribution in [3.8, 4) is 5.75 Å². The third-order valence-corrected chi connectivity index (χ3v) is 9.63. The van der Waals surface area contributed by atoms with Gasteiger partial charge in [-0.05, 0) is 69.0 Å². The number of aliphatic hydroxyl groups is 1. The second kappa shape index (κ2) is 12.8. The number of hydrogen-bond donors (Lipinski definition) is 1. The van der Waals surface area contributed by atoms with Gasteiger partial charge in [0.15, 0.2) is 0 Å². The molecule has 0 aliphatic carbocycles. The van der Waals surface area contributed by atoms with Crippen LogP contribution in [0, 0.1) is 25.7 Å². The number of fused-ring (bicyclic) bond motifs is 2. The maximum Gasteiger partial charge on any atom is 0.253 e. The van der Waals surface area contributed by atoms with Crippen LogP contribution < -0.4 is 14.5 Å². The number of amides is 3. The minimum Gasteiger partial charge on any atom is -0.494 e. The molecule has 4 aliphatic heterocycles. The quantitative estimate of drug-likeness (QED) is 0.316. The first-order chi connectivity index (χ1) is 21.8. The van der Waals surface area contributed by atoms with E-state index < -0.39 is 29.6 Å². The summed E-state index contributed by atoms with van der Waals surface area (Å²) in [6.07, 6.45) is 10.0. The number of ether oxygens (including phenoxy) is 2. The van der Waals surface area contributed by atoms with Gasteiger partial charge in [0.25, 0.3) is 5.91 Å². The van der Waals surface area contributed by atoms with Crippen LogP contribution in [0.2, 0.25) is 0 Å². The van der Waals surface area contributed by atoms with E-state index in [9.17, 15) is 19.5 Å². The minimum absolute atomic E-state index is 0.127. The summed E-state index contributed by atoms with van der Waals surface area (Å²) in [6.45, 7) is 7.65. The van der Waals surface area contributed by atoms with Gasteiger partial charge in [-0.25, -0.2) is 0 Å². The predicted octanol–water partition coefficient (Wildman–Crippen LogP) is 4.34. The van der Waals surface area contributed by atoms with Gasteiger partial charge in [0.2, 0.25) is 11.8 Å². The Morgan fingerprint density at radius 1 is 0.889 bits per heavy atom. The summed E-state index contributed by atoms with van der Waals surface area (Å²) < 4.78 is 12.4. The van der Waals surface area contributed by atoms with Gasteiger partial charge in [-0.2, -0.15) is 0 Å². The summed E-state index contributed by atoms with van der Waals surface area (Å²) in [4.78, 5) is 48.9. The topological polar surface area (TPSA) is 99.6 Å². The largest absolute Gasteiger partial charge is 0.494 e. The Hall–Kier alpha value is -3.95. The van der Waals surface area contributed by atoms with Crippen molar-refractivity contribution in [2.75, 3.05) is 42.6 Å². The van der Waals surface area contributed by atoms with E-state index in [1.54, 1.807) is 14.7 Å². The Bertz CT molecular complexity index is 1480. The highest BCUT2D eigenvalue weighted by Crippen LogP contribution is 2.54. The molecule has 1 N–H and O–H groups in total. The van der Waals surface area contributed by atoms with Crippen molar-refractivity contribution in [2.45, 2.75) is 64.2 Å². The van der Waals surface area contributed by atoms with Crippen LogP contribution in [0.15, 0.2) is 66.8 Å². The molecule has 9 nitrogen and oxygen atoms in total. The summed E-state index contributed by atoms with van der Waals surface area (Å²) >= 11 is 0. The Morgan fingerprint density at radius 2 is 1.60 bits per heavy atom. The van der Waals surface area contributed by atoms with E-state index in [0.29, 0.717) is 44.8 Å². The normalized spacial score (nSPS) is 27.4. The zero-order chi connectivity index (χ0) is 31.7. The van der Waals surface area contributed by atoms with Crippen molar-refractivity contribution >= 4 is 29.1 Å². The number of nitrogens with zero attached hydrogens (tertiary/aromatic N) is 3. The first-order valence-electron chi connectivity index (χ1n) is 16.2. The number of unbranched alkanes of at least 4 members (excludes halogenated alkanes) is 3. The van der Waals surface area contributed by atoms with Gasteiger partial charge < -0.3 is 29.3 Å². The van der Waals surface area contributed by atoms with E-state index in [4.69, 9.17) is 9.47 Å². The number of hydrogen-bond acceptors (Lipinski definition) is 6. The van der Waals surface area contributed by atoms with Gasteiger partial charge in [0.05, 0.1) is 24.5 Å². The first kappa shape index (κ1) is 31.0. The van der Waals surface area contributed by atoms with Crippen LogP contribution in [0.4, 0.5) is 11.4 Å². The molecule has 45 heavy (non-hydrogen) atoms. The molecule has 6 rings (SSSR count). The lowest BCUT2D eigenvalue weighted by Crippen LogP contribution is -2.55. The van der Waals surface area contributed by atoms with Crippen LogP contribution >= 0.6 is 0 Å². The molecule has 2 saturated heterocycles. The van der Waals surface area contributed by atoms with E-state index >= 15 is 0 Å². The summed E-state index contributed by atoms with van der Waals surface area (Å²) in [5.74, 6) is -1.51. The molecule has 0 bridgehead atoms. The van der Waals surface area contributed by atoms with Crippen molar-refractivity contribution in [3.63, 3.8) is 0 Å². The van der Waals surface area contributed by atoms with Crippen LogP contribution in [0.3, 0.4) is 0 Å². The molecule has 1 unspecified atom stereocenters. The summed E-state index contributed by atoms with van der Waals surface area (Å²) in [7, 11) is 0. The van der Waals surface area contributed by atoms with E-state index in [0.717, 1.165) is 35.4 Å². The van der Waals surface area contributed by atoms with Crippen LogP contribution in [-0.2, 0) is 19.1 Å². The Kier molecular flexibility index (Phi) is 8.84. The van der Waals surface area contributed by atoms with Crippen LogP contribution in [0.5, 0.6) is 5.75 Å². The highest BCUT2D eigenvalue weighted by molar-refractivity contribution is 6.07. The monoisotopic (exact) mass is 613 g/mol. The van der Waals surface area contributed by atoms with Crippen LogP contribution in [-0.4, -0.2) is 78.3 Å². The average Bonchev–Trinajstić information content (AvgIpc) is 3.33. The number of para-hydroxylation sites is 1. The first-order valence-corrected chi connectivity index (χ1v) is 16.2. The molecule has 0 aromatic heterocycles. The predicted molar refractivity (Wildman–Crippen MR) is 172 cm³/mol. The third-order valence-electron chi connectivity index (χ3n) is 9.63. The molecule has 4 heterocycles. The summed E-state index contributed by atoms with van der Waals surface area (Å²) in [5, 5.41) is 9.24. The minimum atomic E-state index is -1.28. The van der Waals surface area contributed by atoms with Gasteiger partial charge in [-0.1, -0.05) is 55.3 Å². The highest BCUT2D eigenvalue weighted by Gasteiger charge is 2.71. The fourth-order valence-electron chi connectivity index (χ4n) is 7.68. The molecule has 0 radical (unpaired) electrons. The number of benzene rings is 2. The Labute approximate surface area is 265 Å². The van der Waals surface area contributed by atoms with Gasteiger partial charge in [0.1, 0.15) is 17.4 Å². The molecular weight excluding hydrogens is 570 g/mol. The molecule has 2 aromatic carbocycles. The number of aryl methyl sites for hydroxylation is 2. The molecule has 238 valence electrons. The second-order valence-corrected chi connectivity index (χ2v) is 12.4. The molecule has 5 atom stereocenters. The molecule has 9 heteroatoms. The van der Waals surface area contributed by atoms with E-state index in [1.165, 1.54) is 0 Å². The smallest absolute Gasteiger partial charge is 0.253 e. The number of carbonyl (C=O) groups excluding carboxylic acids is 3. The lowest BCUT2D eigenvalue weighted by atomic mass is 9.77. The maximum atomic E-state index is 14.7. The molecule has 2 aromatic rings. The zero-order valence-electron chi connectivity index (χ0n) is 26.4. The average molecular weight is 614 g/mol. The maximum absolute atomic E-state index is 14.7. The van der Waals surface area contributed by atoms with Crippen molar-refractivity contribution in [1.29, 1.82) is 0 Å². The number of rotatable bonds is 10. The van der Waals surface area contributed by atoms with Gasteiger partial charge in [-0.3, -0.25) is 14.4 Å². The standard InChI is InChI=1S/C36H43N3O6/c1-4-44-27-17-15-26(16-18-27)37-21-10-14-28-29(33(37)41)30-34(42)39(20-7-5-6-8-23-40)32-35(43)38(22-11-19-36(30,32)45-28)31-24(2)12-9-13-25(31)3/h9-19,28-30,32,40H,4-8,20-23H2,1-3H3/t28-,29+,30-,32?,36-/m0/s1. The fourth-order valence-corrected chi connectivity index (χ4v) is 7.68. The number of aliphatic hydroxyl groups excluding tert-OH is 1. The van der Waals surface area contributed by atoms with Crippen LogP contribution in [0.1, 0.15) is 43.7 Å². The van der Waals surface area contributed by atoms with E-state index in [2.05, 4.69) is 0 Å². The molecule has 2 fully saturated rings. The Balaban J connectivity index is 1.38. The molecule has 4 aliphatic rings. The summed E-state index contributed by atoms with van der Waals surface area (Å²) in [6, 6.07) is 12.5. The number of anilines is 2. The number of carbonyl (C=O) groups is 3. The summed E-state index contributed by atoms with van der Waals surface area (Å²) in [5.41, 5.74) is 2.23. The van der Waals surface area contributed by atoms with Crippen molar-refractivity contribution in [3.05, 3.63) is 77.9 Å². The molecular formula is C36H43N3O6. The SMILES string of the molecule is CCOc1ccc(N2CC=C[C@@H]3O[C@]45C=CCN(c6c(C)cccc6C)C(=O)C4N(CCCCCCO)C(=O)[C@@H]5[C@@H]3C2=O)cc1. The van der Waals surface area contributed by atoms with E-state index in [1.807, 2.05) is 87.5 Å².